The zero-order valence-electron chi connectivity index (χ0n) is 17.1. The fraction of sp³-hybridized carbons (Fsp3) is 0.435. The van der Waals surface area contributed by atoms with E-state index in [1.165, 1.54) is 12.1 Å². The molecule has 1 heterocycles. The van der Waals surface area contributed by atoms with Crippen LogP contribution in [0.5, 0.6) is 0 Å². The Bertz CT molecular complexity index is 793. The molecule has 1 amide bonds. The third-order valence-electron chi connectivity index (χ3n) is 5.57. The normalized spacial score (nSPS) is 19.4. The lowest BCUT2D eigenvalue weighted by molar-refractivity contribution is -0.135. The summed E-state index contributed by atoms with van der Waals surface area (Å²) in [4.78, 5) is 17.3. The third-order valence-corrected chi connectivity index (χ3v) is 5.82. The van der Waals surface area contributed by atoms with E-state index in [-0.39, 0.29) is 23.8 Å². The summed E-state index contributed by atoms with van der Waals surface area (Å²) in [6.45, 7) is 7.63. The fourth-order valence-corrected chi connectivity index (χ4v) is 4.04. The van der Waals surface area contributed by atoms with Gasteiger partial charge in [-0.25, -0.2) is 4.39 Å². The minimum Gasteiger partial charge on any atom is -0.342 e. The smallest absolute Gasteiger partial charge is 0.239 e. The van der Waals surface area contributed by atoms with Gasteiger partial charge in [-0.15, -0.1) is 0 Å². The summed E-state index contributed by atoms with van der Waals surface area (Å²) in [6.07, 6.45) is 0.768. The second-order valence-corrected chi connectivity index (χ2v) is 7.96. The molecule has 0 aliphatic carbocycles. The van der Waals surface area contributed by atoms with Crippen molar-refractivity contribution in [1.82, 2.24) is 15.1 Å². The summed E-state index contributed by atoms with van der Waals surface area (Å²) < 4.78 is 13.1. The van der Waals surface area contributed by atoms with Gasteiger partial charge in [-0.2, -0.15) is 0 Å². The number of nitrogens with zero attached hydrogens (tertiary/aromatic N) is 2. The molecule has 3 rings (SSSR count). The maximum atomic E-state index is 13.1. The summed E-state index contributed by atoms with van der Waals surface area (Å²) in [5.41, 5.74) is 2.18. The summed E-state index contributed by atoms with van der Waals surface area (Å²) in [5, 5.41) is 4.26. The number of hydrogen-bond donors (Lipinski definition) is 1. The van der Waals surface area contributed by atoms with Crippen molar-refractivity contribution in [3.8, 4) is 0 Å². The van der Waals surface area contributed by atoms with E-state index in [0.717, 1.165) is 24.1 Å². The van der Waals surface area contributed by atoms with Gasteiger partial charge in [0.15, 0.2) is 0 Å². The van der Waals surface area contributed by atoms with Gasteiger partial charge in [0.05, 0.1) is 6.04 Å². The second-order valence-electron chi connectivity index (χ2n) is 7.52. The SMILES string of the molecule is CCN(CC)C(=O)[C@@H]1C[C@@H](NCc2ccc(F)cc2)CN1Cc1ccc(Cl)cc1. The van der Waals surface area contributed by atoms with Gasteiger partial charge in [0, 0.05) is 43.8 Å². The molecule has 29 heavy (non-hydrogen) atoms. The van der Waals surface area contributed by atoms with Crippen molar-refractivity contribution in [3.05, 3.63) is 70.5 Å². The Morgan fingerprint density at radius 3 is 2.34 bits per heavy atom. The van der Waals surface area contributed by atoms with Crippen LogP contribution in [0.2, 0.25) is 5.02 Å². The molecule has 0 radical (unpaired) electrons. The highest BCUT2D eigenvalue weighted by Crippen LogP contribution is 2.24. The predicted octanol–water partition coefficient (Wildman–Crippen LogP) is 4.08. The first-order chi connectivity index (χ1) is 14.0. The predicted molar refractivity (Wildman–Crippen MR) is 115 cm³/mol. The Kier molecular flexibility index (Phi) is 7.64. The van der Waals surface area contributed by atoms with Crippen LogP contribution in [-0.4, -0.2) is 47.4 Å². The number of carbonyl (C=O) groups is 1. The Morgan fingerprint density at radius 1 is 1.10 bits per heavy atom. The number of benzene rings is 2. The molecule has 156 valence electrons. The lowest BCUT2D eigenvalue weighted by atomic mass is 10.1. The molecule has 1 aliphatic rings. The van der Waals surface area contributed by atoms with Crippen LogP contribution in [0.4, 0.5) is 4.39 Å². The zero-order valence-corrected chi connectivity index (χ0v) is 17.8. The first-order valence-electron chi connectivity index (χ1n) is 10.2. The summed E-state index contributed by atoms with van der Waals surface area (Å²) in [7, 11) is 0. The maximum absolute atomic E-state index is 13.1. The highest BCUT2D eigenvalue weighted by molar-refractivity contribution is 6.30. The molecule has 0 saturated carbocycles. The monoisotopic (exact) mass is 417 g/mol. The van der Waals surface area contributed by atoms with Gasteiger partial charge < -0.3 is 10.2 Å². The van der Waals surface area contributed by atoms with Crippen molar-refractivity contribution in [2.24, 2.45) is 0 Å². The van der Waals surface area contributed by atoms with E-state index in [9.17, 15) is 9.18 Å². The summed E-state index contributed by atoms with van der Waals surface area (Å²) in [6, 6.07) is 14.4. The molecule has 1 fully saturated rings. The first kappa shape index (κ1) is 21.8. The van der Waals surface area contributed by atoms with Gasteiger partial charge >= 0.3 is 0 Å². The maximum Gasteiger partial charge on any atom is 0.239 e. The van der Waals surface area contributed by atoms with Crippen molar-refractivity contribution in [2.45, 2.75) is 45.4 Å². The topological polar surface area (TPSA) is 35.6 Å². The molecule has 0 bridgehead atoms. The highest BCUT2D eigenvalue weighted by atomic mass is 35.5. The van der Waals surface area contributed by atoms with Crippen LogP contribution in [0.1, 0.15) is 31.4 Å². The number of carbonyl (C=O) groups excluding carboxylic acids is 1. The second kappa shape index (κ2) is 10.2. The first-order valence-corrected chi connectivity index (χ1v) is 10.6. The summed E-state index contributed by atoms with van der Waals surface area (Å²) >= 11 is 6.01. The van der Waals surface area contributed by atoms with Crippen molar-refractivity contribution in [1.29, 1.82) is 0 Å². The van der Waals surface area contributed by atoms with E-state index in [2.05, 4.69) is 10.2 Å². The molecule has 0 aromatic heterocycles. The lowest BCUT2D eigenvalue weighted by Crippen LogP contribution is -2.45. The van der Waals surface area contributed by atoms with Gasteiger partial charge in [-0.1, -0.05) is 35.9 Å². The molecule has 2 aromatic rings. The van der Waals surface area contributed by atoms with E-state index in [4.69, 9.17) is 11.6 Å². The van der Waals surface area contributed by atoms with E-state index in [0.29, 0.717) is 31.2 Å². The Labute approximate surface area is 177 Å². The standard InChI is InChI=1S/C23H29ClFN3O/c1-3-27(4-2)23(29)22-13-21(26-14-17-7-11-20(25)12-8-17)16-28(22)15-18-5-9-19(24)10-6-18/h5-12,21-22,26H,3-4,13-16H2,1-2H3/t21-,22+/m1/s1. The van der Waals surface area contributed by atoms with E-state index in [1.807, 2.05) is 43.0 Å². The van der Waals surface area contributed by atoms with Gasteiger partial charge in [-0.05, 0) is 55.7 Å². The zero-order chi connectivity index (χ0) is 20.8. The molecule has 4 nitrogen and oxygen atoms in total. The van der Waals surface area contributed by atoms with Crippen molar-refractivity contribution in [2.75, 3.05) is 19.6 Å². The number of likely N-dealkylation sites (N-methyl/N-ethyl adjacent to an activating group) is 1. The molecule has 6 heteroatoms. The number of nitrogens with one attached hydrogen (secondary N) is 1. The Morgan fingerprint density at radius 2 is 1.72 bits per heavy atom. The minimum absolute atomic E-state index is 0.142. The minimum atomic E-state index is -0.228. The van der Waals surface area contributed by atoms with Crippen molar-refractivity contribution in [3.63, 3.8) is 0 Å². The molecule has 2 aromatic carbocycles. The quantitative estimate of drug-likeness (QED) is 0.703. The largest absolute Gasteiger partial charge is 0.342 e. The van der Waals surface area contributed by atoms with Gasteiger partial charge in [-0.3, -0.25) is 9.69 Å². The van der Waals surface area contributed by atoms with Crippen LogP contribution >= 0.6 is 11.6 Å². The number of hydrogen-bond acceptors (Lipinski definition) is 3. The molecule has 1 N–H and O–H groups in total. The van der Waals surface area contributed by atoms with E-state index < -0.39 is 0 Å². The highest BCUT2D eigenvalue weighted by Gasteiger charge is 2.38. The lowest BCUT2D eigenvalue weighted by Gasteiger charge is -2.28. The van der Waals surface area contributed by atoms with Crippen LogP contribution in [0.25, 0.3) is 0 Å². The molecule has 2 atom stereocenters. The summed E-state index contributed by atoms with van der Waals surface area (Å²) in [5.74, 6) is -0.0383. The molecular weight excluding hydrogens is 389 g/mol. The Balaban J connectivity index is 1.69. The number of rotatable bonds is 8. The third kappa shape index (κ3) is 5.78. The fourth-order valence-electron chi connectivity index (χ4n) is 3.92. The number of likely N-dealkylation sites (tertiary alicyclic amines) is 1. The van der Waals surface area contributed by atoms with Crippen LogP contribution in [0.3, 0.4) is 0 Å². The van der Waals surface area contributed by atoms with Crippen LogP contribution in [0, 0.1) is 5.82 Å². The molecule has 1 saturated heterocycles. The van der Waals surface area contributed by atoms with Gasteiger partial charge in [0.2, 0.25) is 5.91 Å². The van der Waals surface area contributed by atoms with Crippen molar-refractivity contribution >= 4 is 17.5 Å². The van der Waals surface area contributed by atoms with Crippen molar-refractivity contribution < 1.29 is 9.18 Å². The molecule has 0 spiro atoms. The van der Waals surface area contributed by atoms with E-state index >= 15 is 0 Å². The van der Waals surface area contributed by atoms with Crippen LogP contribution in [-0.2, 0) is 17.9 Å². The number of amides is 1. The van der Waals surface area contributed by atoms with Crippen LogP contribution < -0.4 is 5.32 Å². The molecule has 0 unspecified atom stereocenters. The average molecular weight is 418 g/mol. The molecule has 1 aliphatic heterocycles. The van der Waals surface area contributed by atoms with E-state index in [1.54, 1.807) is 12.1 Å². The number of halogens is 2. The Hall–Kier alpha value is -1.95. The average Bonchev–Trinajstić information content (AvgIpc) is 3.13. The van der Waals surface area contributed by atoms with Gasteiger partial charge in [0.25, 0.3) is 0 Å². The van der Waals surface area contributed by atoms with Gasteiger partial charge in [0.1, 0.15) is 5.82 Å². The van der Waals surface area contributed by atoms with Crippen LogP contribution in [0.15, 0.2) is 48.5 Å². The molecular formula is C23H29ClFN3O.